The van der Waals surface area contributed by atoms with Crippen molar-refractivity contribution in [2.24, 2.45) is 5.92 Å². The van der Waals surface area contributed by atoms with Crippen molar-refractivity contribution in [2.45, 2.75) is 52.6 Å². The number of hydrogen-bond donors (Lipinski definition) is 0. The molecule has 0 fully saturated rings. The van der Waals surface area contributed by atoms with Gasteiger partial charge in [-0.25, -0.2) is 0 Å². The van der Waals surface area contributed by atoms with E-state index in [-0.39, 0.29) is 11.9 Å². The quantitative estimate of drug-likeness (QED) is 0.324. The van der Waals surface area contributed by atoms with Gasteiger partial charge in [0.2, 0.25) is 0 Å². The van der Waals surface area contributed by atoms with E-state index in [1.54, 1.807) is 0 Å². The predicted octanol–water partition coefficient (Wildman–Crippen LogP) is 5.79. The Bertz CT molecular complexity index is 667. The first kappa shape index (κ1) is 21.8. The Morgan fingerprint density at radius 1 is 0.857 bits per heavy atom. The van der Waals surface area contributed by atoms with Crippen molar-refractivity contribution in [1.29, 1.82) is 0 Å². The SMILES string of the molecule is CCOC(=O)C(C)CCCCCCOc1ccc(OCc2ccccc2)cc1. The van der Waals surface area contributed by atoms with Gasteiger partial charge in [-0.05, 0) is 49.6 Å². The molecule has 0 N–H and O–H groups in total. The lowest BCUT2D eigenvalue weighted by atomic mass is 10.0. The van der Waals surface area contributed by atoms with Crippen molar-refractivity contribution in [3.05, 3.63) is 60.2 Å². The second-order valence-electron chi connectivity index (χ2n) is 6.95. The van der Waals surface area contributed by atoms with Gasteiger partial charge in [0, 0.05) is 0 Å². The molecule has 0 aliphatic carbocycles. The molecule has 0 radical (unpaired) electrons. The number of ether oxygens (including phenoxy) is 3. The molecule has 0 spiro atoms. The number of carbonyl (C=O) groups is 1. The Morgan fingerprint density at radius 2 is 1.50 bits per heavy atom. The summed E-state index contributed by atoms with van der Waals surface area (Å²) in [5.41, 5.74) is 1.15. The molecule has 4 heteroatoms. The monoisotopic (exact) mass is 384 g/mol. The van der Waals surface area contributed by atoms with Crippen LogP contribution < -0.4 is 9.47 Å². The molecule has 0 aliphatic rings. The van der Waals surface area contributed by atoms with Crippen molar-refractivity contribution in [3.8, 4) is 11.5 Å². The molecule has 2 aromatic rings. The Kier molecular flexibility index (Phi) is 9.98. The van der Waals surface area contributed by atoms with Crippen LogP contribution in [0.5, 0.6) is 11.5 Å². The molecule has 4 nitrogen and oxygen atoms in total. The van der Waals surface area contributed by atoms with Crippen molar-refractivity contribution in [3.63, 3.8) is 0 Å². The molecule has 0 heterocycles. The lowest BCUT2D eigenvalue weighted by Gasteiger charge is -2.10. The van der Waals surface area contributed by atoms with Crippen LogP contribution in [0, 0.1) is 5.92 Å². The van der Waals surface area contributed by atoms with Crippen LogP contribution in [-0.2, 0) is 16.1 Å². The number of esters is 1. The molecular formula is C24H32O4. The van der Waals surface area contributed by atoms with E-state index in [1.165, 1.54) is 0 Å². The van der Waals surface area contributed by atoms with Crippen LogP contribution in [0.1, 0.15) is 51.5 Å². The van der Waals surface area contributed by atoms with Gasteiger partial charge < -0.3 is 14.2 Å². The van der Waals surface area contributed by atoms with Crippen molar-refractivity contribution in [1.82, 2.24) is 0 Å². The maximum atomic E-state index is 11.6. The fourth-order valence-corrected chi connectivity index (χ4v) is 2.87. The Labute approximate surface area is 168 Å². The maximum Gasteiger partial charge on any atom is 0.308 e. The van der Waals surface area contributed by atoms with Gasteiger partial charge in [-0.15, -0.1) is 0 Å². The molecule has 2 rings (SSSR count). The van der Waals surface area contributed by atoms with Gasteiger partial charge in [-0.1, -0.05) is 56.5 Å². The van der Waals surface area contributed by atoms with Crippen molar-refractivity contribution >= 4 is 5.97 Å². The average Bonchev–Trinajstić information content (AvgIpc) is 2.73. The van der Waals surface area contributed by atoms with E-state index >= 15 is 0 Å². The van der Waals surface area contributed by atoms with E-state index in [0.717, 1.165) is 49.2 Å². The summed E-state index contributed by atoms with van der Waals surface area (Å²) in [5.74, 6) is 1.62. The van der Waals surface area contributed by atoms with Gasteiger partial charge in [0.15, 0.2) is 0 Å². The van der Waals surface area contributed by atoms with Crippen molar-refractivity contribution < 1.29 is 19.0 Å². The Hall–Kier alpha value is -2.49. The van der Waals surface area contributed by atoms with Gasteiger partial charge in [-0.3, -0.25) is 4.79 Å². The van der Waals surface area contributed by atoms with Crippen LogP contribution in [0.3, 0.4) is 0 Å². The van der Waals surface area contributed by atoms with E-state index in [9.17, 15) is 4.79 Å². The standard InChI is InChI=1S/C24H32O4/c1-3-26-24(25)20(2)11-7-4-5-10-18-27-22-14-16-23(17-15-22)28-19-21-12-8-6-9-13-21/h6,8-9,12-17,20H,3-5,7,10-11,18-19H2,1-2H3. The lowest BCUT2D eigenvalue weighted by molar-refractivity contribution is -0.147. The summed E-state index contributed by atoms with van der Waals surface area (Å²) in [6.07, 6.45) is 5.17. The zero-order valence-electron chi connectivity index (χ0n) is 17.1. The van der Waals surface area contributed by atoms with Crippen LogP contribution in [0.2, 0.25) is 0 Å². The molecule has 0 saturated heterocycles. The van der Waals surface area contributed by atoms with E-state index in [0.29, 0.717) is 19.8 Å². The van der Waals surface area contributed by atoms with E-state index in [1.807, 2.05) is 56.3 Å². The third-order valence-corrected chi connectivity index (χ3v) is 4.56. The van der Waals surface area contributed by atoms with E-state index in [4.69, 9.17) is 14.2 Å². The first-order chi connectivity index (χ1) is 13.7. The summed E-state index contributed by atoms with van der Waals surface area (Å²) in [7, 11) is 0. The summed E-state index contributed by atoms with van der Waals surface area (Å²) in [4.78, 5) is 11.6. The molecule has 1 unspecified atom stereocenters. The highest BCUT2D eigenvalue weighted by Gasteiger charge is 2.12. The molecule has 0 saturated carbocycles. The highest BCUT2D eigenvalue weighted by atomic mass is 16.5. The van der Waals surface area contributed by atoms with Gasteiger partial charge in [0.25, 0.3) is 0 Å². The third-order valence-electron chi connectivity index (χ3n) is 4.56. The molecule has 28 heavy (non-hydrogen) atoms. The fraction of sp³-hybridized carbons (Fsp3) is 0.458. The Balaban J connectivity index is 1.54. The first-order valence-electron chi connectivity index (χ1n) is 10.2. The minimum absolute atomic E-state index is 0.00109. The Morgan fingerprint density at radius 3 is 2.18 bits per heavy atom. The number of hydrogen-bond acceptors (Lipinski definition) is 4. The van der Waals surface area contributed by atoms with Gasteiger partial charge in [0.1, 0.15) is 18.1 Å². The number of carbonyl (C=O) groups excluding carboxylic acids is 1. The van der Waals surface area contributed by atoms with Gasteiger partial charge in [-0.2, -0.15) is 0 Å². The second-order valence-corrected chi connectivity index (χ2v) is 6.95. The summed E-state index contributed by atoms with van der Waals surface area (Å²) in [6, 6.07) is 17.9. The first-order valence-corrected chi connectivity index (χ1v) is 10.2. The fourth-order valence-electron chi connectivity index (χ4n) is 2.87. The molecule has 1 atom stereocenters. The van der Waals surface area contributed by atoms with Crippen LogP contribution in [-0.4, -0.2) is 19.2 Å². The van der Waals surface area contributed by atoms with Crippen LogP contribution >= 0.6 is 0 Å². The molecule has 0 aliphatic heterocycles. The summed E-state index contributed by atoms with van der Waals surface area (Å²) in [6.45, 7) is 5.51. The van der Waals surface area contributed by atoms with Gasteiger partial charge >= 0.3 is 5.97 Å². The second kappa shape index (κ2) is 12.8. The lowest BCUT2D eigenvalue weighted by Crippen LogP contribution is -2.14. The van der Waals surface area contributed by atoms with Crippen molar-refractivity contribution in [2.75, 3.05) is 13.2 Å². The largest absolute Gasteiger partial charge is 0.494 e. The molecule has 0 amide bonds. The summed E-state index contributed by atoms with van der Waals surface area (Å²) >= 11 is 0. The van der Waals surface area contributed by atoms with Crippen LogP contribution in [0.4, 0.5) is 0 Å². The smallest absolute Gasteiger partial charge is 0.308 e. The normalized spacial score (nSPS) is 11.6. The average molecular weight is 385 g/mol. The highest BCUT2D eigenvalue weighted by Crippen LogP contribution is 2.19. The minimum Gasteiger partial charge on any atom is -0.494 e. The van der Waals surface area contributed by atoms with E-state index < -0.39 is 0 Å². The number of benzene rings is 2. The molecule has 0 bridgehead atoms. The number of unbranched alkanes of at least 4 members (excludes halogenated alkanes) is 3. The zero-order valence-corrected chi connectivity index (χ0v) is 17.1. The topological polar surface area (TPSA) is 44.8 Å². The summed E-state index contributed by atoms with van der Waals surface area (Å²) < 4.78 is 16.6. The molecule has 2 aromatic carbocycles. The third kappa shape index (κ3) is 8.47. The molecule has 152 valence electrons. The van der Waals surface area contributed by atoms with E-state index in [2.05, 4.69) is 12.1 Å². The molecular weight excluding hydrogens is 352 g/mol. The van der Waals surface area contributed by atoms with Gasteiger partial charge in [0.05, 0.1) is 19.1 Å². The minimum atomic E-state index is -0.0815. The summed E-state index contributed by atoms with van der Waals surface area (Å²) in [5, 5.41) is 0. The maximum absolute atomic E-state index is 11.6. The van der Waals surface area contributed by atoms with Crippen LogP contribution in [0.15, 0.2) is 54.6 Å². The van der Waals surface area contributed by atoms with Crippen LogP contribution in [0.25, 0.3) is 0 Å². The molecule has 0 aromatic heterocycles. The predicted molar refractivity (Wildman–Crippen MR) is 112 cm³/mol. The highest BCUT2D eigenvalue weighted by molar-refractivity contribution is 5.71. The number of rotatable bonds is 13. The zero-order chi connectivity index (χ0) is 20.0.